The molecule has 50 valence electrons. The summed E-state index contributed by atoms with van der Waals surface area (Å²) in [6, 6.07) is 0.426. The number of amides is 1. The number of nitrogens with zero attached hydrogens (tertiary/aromatic N) is 1. The largest absolute Gasteiger partial charge is 0.465 e. The van der Waals surface area contributed by atoms with Gasteiger partial charge in [-0.3, -0.25) is 0 Å². The van der Waals surface area contributed by atoms with Crippen LogP contribution in [-0.4, -0.2) is 17.2 Å². The lowest BCUT2D eigenvalue weighted by atomic mass is 10.8. The van der Waals surface area contributed by atoms with Gasteiger partial charge in [0.05, 0.1) is 0 Å². The normalized spacial score (nSPS) is 14.6. The van der Waals surface area contributed by atoms with E-state index in [-0.39, 0.29) is 0 Å². The van der Waals surface area contributed by atoms with Crippen molar-refractivity contribution in [1.29, 1.82) is 0 Å². The highest BCUT2D eigenvalue weighted by Crippen LogP contribution is 2.22. The van der Waals surface area contributed by atoms with Gasteiger partial charge < -0.3 is 15.7 Å². The zero-order chi connectivity index (χ0) is 7.28. The molecule has 1 aliphatic carbocycles. The third-order valence-electron chi connectivity index (χ3n) is 0.729. The number of rotatable bonds is 0. The first-order chi connectivity index (χ1) is 4.16. The molecule has 0 aromatic carbocycles. The minimum atomic E-state index is -1.33. The first-order valence-electron chi connectivity index (χ1n) is 2.51. The number of hydrogen-bond acceptors (Lipinski definition) is 1. The third-order valence-corrected chi connectivity index (χ3v) is 0.729. The molecule has 0 atom stereocenters. The molecule has 0 aliphatic heterocycles. The Hall–Kier alpha value is -1.24. The Morgan fingerprint density at radius 3 is 2.11 bits per heavy atom. The van der Waals surface area contributed by atoms with Gasteiger partial charge in [-0.15, -0.1) is 0 Å². The predicted molar refractivity (Wildman–Crippen MR) is 31.8 cm³/mol. The van der Waals surface area contributed by atoms with Gasteiger partial charge >= 0.3 is 6.09 Å². The number of carbonyl (C=O) groups is 1. The van der Waals surface area contributed by atoms with E-state index in [1.54, 1.807) is 0 Å². The van der Waals surface area contributed by atoms with Crippen molar-refractivity contribution in [1.82, 2.24) is 0 Å². The molecule has 0 heterocycles. The van der Waals surface area contributed by atoms with E-state index in [1.165, 1.54) is 0 Å². The summed E-state index contributed by atoms with van der Waals surface area (Å²) in [6.07, 6.45) is 0.979. The average Bonchev–Trinajstić information content (AvgIpc) is 2.43. The van der Waals surface area contributed by atoms with Crippen molar-refractivity contribution in [3.63, 3.8) is 0 Å². The van der Waals surface area contributed by atoms with Crippen molar-refractivity contribution in [3.8, 4) is 0 Å². The van der Waals surface area contributed by atoms with E-state index in [1.807, 2.05) is 0 Å². The van der Waals surface area contributed by atoms with Crippen molar-refractivity contribution in [2.45, 2.75) is 18.9 Å². The SMILES string of the molecule is NC(=O)O.[C-]#[N+]C1CC1. The molecule has 1 rings (SSSR count). The van der Waals surface area contributed by atoms with Crippen molar-refractivity contribution < 1.29 is 9.90 Å². The molecule has 0 radical (unpaired) electrons. The van der Waals surface area contributed by atoms with Crippen molar-refractivity contribution in [3.05, 3.63) is 11.4 Å². The number of carboxylic acid groups (broad SMARTS) is 1. The molecule has 4 nitrogen and oxygen atoms in total. The van der Waals surface area contributed by atoms with Crippen LogP contribution in [0.2, 0.25) is 0 Å². The molecule has 4 heteroatoms. The zero-order valence-corrected chi connectivity index (χ0v) is 4.87. The Balaban J connectivity index is 0.000000148. The van der Waals surface area contributed by atoms with Crippen LogP contribution >= 0.6 is 0 Å². The second kappa shape index (κ2) is 3.72. The van der Waals surface area contributed by atoms with E-state index in [2.05, 4.69) is 10.6 Å². The summed E-state index contributed by atoms with van der Waals surface area (Å²) in [6.45, 7) is 6.34. The van der Waals surface area contributed by atoms with Gasteiger partial charge in [-0.05, 0) is 0 Å². The maximum absolute atomic E-state index is 8.78. The summed E-state index contributed by atoms with van der Waals surface area (Å²) in [5, 5.41) is 7.19. The summed E-state index contributed by atoms with van der Waals surface area (Å²) in [4.78, 5) is 12.0. The van der Waals surface area contributed by atoms with E-state index in [4.69, 9.17) is 16.5 Å². The Kier molecular flexibility index (Phi) is 3.21. The number of primary amides is 1. The minimum absolute atomic E-state index is 0.426. The first kappa shape index (κ1) is 7.76. The van der Waals surface area contributed by atoms with Gasteiger partial charge in [0.25, 0.3) is 0 Å². The maximum atomic E-state index is 8.78. The smallest absolute Gasteiger partial charge is 0.402 e. The van der Waals surface area contributed by atoms with Crippen LogP contribution in [0.15, 0.2) is 0 Å². The molecule has 0 spiro atoms. The second-order valence-corrected chi connectivity index (χ2v) is 1.70. The summed E-state index contributed by atoms with van der Waals surface area (Å²) in [5.41, 5.74) is 4.03. The van der Waals surface area contributed by atoms with E-state index in [0.717, 1.165) is 12.8 Å². The monoisotopic (exact) mass is 128 g/mol. The molecule has 1 amide bonds. The van der Waals surface area contributed by atoms with Gasteiger partial charge in [0.1, 0.15) is 0 Å². The number of hydrogen-bond donors (Lipinski definition) is 2. The van der Waals surface area contributed by atoms with Crippen molar-refractivity contribution in [2.24, 2.45) is 5.73 Å². The topological polar surface area (TPSA) is 67.7 Å². The Morgan fingerprint density at radius 2 is 2.11 bits per heavy atom. The van der Waals surface area contributed by atoms with Crippen LogP contribution in [0, 0.1) is 6.57 Å². The molecular weight excluding hydrogens is 120 g/mol. The molecule has 0 aromatic rings. The lowest BCUT2D eigenvalue weighted by molar-refractivity contribution is 0.205. The molecule has 0 bridgehead atoms. The minimum Gasteiger partial charge on any atom is -0.465 e. The van der Waals surface area contributed by atoms with Gasteiger partial charge in [-0.2, -0.15) is 0 Å². The van der Waals surface area contributed by atoms with Crippen LogP contribution in [-0.2, 0) is 0 Å². The summed E-state index contributed by atoms with van der Waals surface area (Å²) in [7, 11) is 0. The highest BCUT2D eigenvalue weighted by molar-refractivity contribution is 5.61. The second-order valence-electron chi connectivity index (χ2n) is 1.70. The Morgan fingerprint density at radius 1 is 1.78 bits per heavy atom. The van der Waals surface area contributed by atoms with Gasteiger partial charge in [0.15, 0.2) is 0 Å². The lowest BCUT2D eigenvalue weighted by Crippen LogP contribution is -2.03. The average molecular weight is 128 g/mol. The van der Waals surface area contributed by atoms with Crippen LogP contribution in [0.3, 0.4) is 0 Å². The highest BCUT2D eigenvalue weighted by atomic mass is 16.4. The molecule has 9 heavy (non-hydrogen) atoms. The summed E-state index contributed by atoms with van der Waals surface area (Å²) < 4.78 is 0. The van der Waals surface area contributed by atoms with Crippen molar-refractivity contribution in [2.75, 3.05) is 0 Å². The summed E-state index contributed by atoms with van der Waals surface area (Å²) >= 11 is 0. The molecule has 0 saturated heterocycles. The van der Waals surface area contributed by atoms with E-state index in [0.29, 0.717) is 6.04 Å². The third kappa shape index (κ3) is 10.8. The van der Waals surface area contributed by atoms with Gasteiger partial charge in [-0.1, -0.05) is 0 Å². The van der Waals surface area contributed by atoms with Crippen LogP contribution in [0.25, 0.3) is 4.85 Å². The molecule has 1 aliphatic rings. The molecule has 1 saturated carbocycles. The van der Waals surface area contributed by atoms with Crippen LogP contribution in [0.5, 0.6) is 0 Å². The molecule has 0 aromatic heterocycles. The fourth-order valence-electron chi connectivity index (χ4n) is 0.204. The highest BCUT2D eigenvalue weighted by Gasteiger charge is 2.26. The zero-order valence-electron chi connectivity index (χ0n) is 4.87. The predicted octanol–water partition coefficient (Wildman–Crippen LogP) is 0.691. The van der Waals surface area contributed by atoms with Gasteiger partial charge in [0, 0.05) is 12.8 Å². The fourth-order valence-corrected chi connectivity index (χ4v) is 0.204. The molecule has 0 unspecified atom stereocenters. The molecule has 1 fully saturated rings. The Bertz CT molecular complexity index is 130. The number of nitrogens with two attached hydrogens (primary N) is 1. The molecular formula is C5H8N2O2. The maximum Gasteiger partial charge on any atom is 0.402 e. The van der Waals surface area contributed by atoms with Crippen molar-refractivity contribution >= 4 is 6.09 Å². The van der Waals surface area contributed by atoms with Gasteiger partial charge in [0.2, 0.25) is 6.04 Å². The standard InChI is InChI=1S/C4H5N.CH3NO2/c1-5-4-2-3-4;2-1(3)4/h4H,2-3H2;2H2,(H,3,4). The van der Waals surface area contributed by atoms with E-state index >= 15 is 0 Å². The van der Waals surface area contributed by atoms with E-state index in [9.17, 15) is 0 Å². The van der Waals surface area contributed by atoms with Crippen LogP contribution < -0.4 is 5.73 Å². The van der Waals surface area contributed by atoms with E-state index < -0.39 is 6.09 Å². The molecule has 3 N–H and O–H groups in total. The summed E-state index contributed by atoms with van der Waals surface area (Å²) in [5.74, 6) is 0. The Labute approximate surface area is 53.1 Å². The first-order valence-corrected chi connectivity index (χ1v) is 2.51. The van der Waals surface area contributed by atoms with Crippen LogP contribution in [0.1, 0.15) is 12.8 Å². The van der Waals surface area contributed by atoms with Gasteiger partial charge in [-0.25, -0.2) is 11.4 Å². The fraction of sp³-hybridized carbons (Fsp3) is 0.600. The lowest BCUT2D eigenvalue weighted by Gasteiger charge is -1.61. The quantitative estimate of drug-likeness (QED) is 0.471. The van der Waals surface area contributed by atoms with Crippen LogP contribution in [0.4, 0.5) is 4.79 Å².